The van der Waals surface area contributed by atoms with Gasteiger partial charge >= 0.3 is 0 Å². The van der Waals surface area contributed by atoms with Gasteiger partial charge in [0.1, 0.15) is 0 Å². The smallest absolute Gasteiger partial charge is 0.164 e. The first-order valence-corrected chi connectivity index (χ1v) is 16.8. The van der Waals surface area contributed by atoms with Gasteiger partial charge in [-0.25, -0.2) is 0 Å². The zero-order valence-electron chi connectivity index (χ0n) is 25.9. The van der Waals surface area contributed by atoms with Gasteiger partial charge in [-0.3, -0.25) is 14.4 Å². The Morgan fingerprint density at radius 3 is 1.03 bits per heavy atom. The minimum atomic E-state index is -0.0185. The van der Waals surface area contributed by atoms with Gasteiger partial charge in [0.05, 0.1) is 0 Å². The molecule has 0 aliphatic heterocycles. The molecule has 0 aliphatic rings. The van der Waals surface area contributed by atoms with E-state index in [1.807, 2.05) is 0 Å². The van der Waals surface area contributed by atoms with Crippen molar-refractivity contribution in [2.45, 2.75) is 175 Å². The summed E-state index contributed by atoms with van der Waals surface area (Å²) in [7, 11) is 0. The van der Waals surface area contributed by atoms with Gasteiger partial charge in [-0.05, 0) is 19.3 Å². The van der Waals surface area contributed by atoms with E-state index in [1.54, 1.807) is 18.2 Å². The molecule has 3 nitrogen and oxygen atoms in total. The lowest BCUT2D eigenvalue weighted by atomic mass is 9.88. The van der Waals surface area contributed by atoms with Gasteiger partial charge in [0.15, 0.2) is 17.3 Å². The lowest BCUT2D eigenvalue weighted by Gasteiger charge is -2.13. The third kappa shape index (κ3) is 16.2. The van der Waals surface area contributed by atoms with Crippen molar-refractivity contribution in [1.29, 1.82) is 0 Å². The van der Waals surface area contributed by atoms with Gasteiger partial charge in [-0.2, -0.15) is 0 Å². The number of ketones is 3. The predicted octanol–water partition coefficient (Wildman–Crippen LogP) is 11.7. The molecule has 1 aromatic carbocycles. The molecule has 0 radical (unpaired) electrons. The maximum atomic E-state index is 13.5. The Labute approximate surface area is 241 Å². The molecule has 0 atom stereocenters. The molecule has 0 aliphatic carbocycles. The highest BCUT2D eigenvalue weighted by molar-refractivity contribution is 6.15. The molecule has 39 heavy (non-hydrogen) atoms. The van der Waals surface area contributed by atoms with E-state index < -0.39 is 0 Å². The minimum absolute atomic E-state index is 0.0185. The van der Waals surface area contributed by atoms with Crippen molar-refractivity contribution in [2.75, 3.05) is 0 Å². The third-order valence-corrected chi connectivity index (χ3v) is 7.97. The van der Waals surface area contributed by atoms with Crippen LogP contribution in [-0.4, -0.2) is 17.3 Å². The molecule has 0 spiro atoms. The number of benzene rings is 1. The topological polar surface area (TPSA) is 51.2 Å². The van der Waals surface area contributed by atoms with Crippen LogP contribution in [0.25, 0.3) is 0 Å². The second kappa shape index (κ2) is 24.1. The molecule has 0 fully saturated rings. The Morgan fingerprint density at radius 1 is 0.410 bits per heavy atom. The third-order valence-electron chi connectivity index (χ3n) is 7.97. The van der Waals surface area contributed by atoms with Crippen molar-refractivity contribution < 1.29 is 14.4 Å². The van der Waals surface area contributed by atoms with Crippen molar-refractivity contribution >= 4 is 17.3 Å². The Kier molecular flexibility index (Phi) is 21.8. The standard InChI is InChI=1S/C36H60O3/c1-4-7-10-13-16-19-22-28-33(37)31-26-25-27-32(34(38)29-23-20-17-14-11-8-5-2)36(31)35(39)30-24-21-18-15-12-9-6-3/h25-27H,4-24,28-30H2,1-3H3. The first-order valence-electron chi connectivity index (χ1n) is 16.8. The summed E-state index contributed by atoms with van der Waals surface area (Å²) in [6.07, 6.45) is 25.5. The van der Waals surface area contributed by atoms with Crippen LogP contribution >= 0.6 is 0 Å². The molecule has 0 unspecified atom stereocenters. The number of hydrogen-bond donors (Lipinski definition) is 0. The maximum Gasteiger partial charge on any atom is 0.164 e. The predicted molar refractivity (Wildman–Crippen MR) is 167 cm³/mol. The molecule has 0 bridgehead atoms. The van der Waals surface area contributed by atoms with E-state index in [0.717, 1.165) is 57.8 Å². The van der Waals surface area contributed by atoms with Crippen molar-refractivity contribution in [3.8, 4) is 0 Å². The van der Waals surface area contributed by atoms with E-state index in [9.17, 15) is 14.4 Å². The van der Waals surface area contributed by atoms with E-state index in [0.29, 0.717) is 36.0 Å². The average Bonchev–Trinajstić information content (AvgIpc) is 2.95. The lowest BCUT2D eigenvalue weighted by molar-refractivity contribution is 0.0932. The van der Waals surface area contributed by atoms with Gasteiger partial charge < -0.3 is 0 Å². The molecule has 1 aromatic rings. The van der Waals surface area contributed by atoms with Crippen molar-refractivity contribution in [3.05, 3.63) is 34.9 Å². The summed E-state index contributed by atoms with van der Waals surface area (Å²) in [6.45, 7) is 6.66. The highest BCUT2D eigenvalue weighted by Gasteiger charge is 2.23. The molecular formula is C36H60O3. The second-order valence-electron chi connectivity index (χ2n) is 11.6. The molecule has 0 aromatic heterocycles. The van der Waals surface area contributed by atoms with Crippen LogP contribution in [-0.2, 0) is 0 Å². The largest absolute Gasteiger partial charge is 0.294 e. The maximum absolute atomic E-state index is 13.5. The van der Waals surface area contributed by atoms with Crippen molar-refractivity contribution in [2.24, 2.45) is 0 Å². The summed E-state index contributed by atoms with van der Waals surface area (Å²) in [4.78, 5) is 40.0. The summed E-state index contributed by atoms with van der Waals surface area (Å²) < 4.78 is 0. The second-order valence-corrected chi connectivity index (χ2v) is 11.6. The number of carbonyl (C=O) groups is 3. The van der Waals surface area contributed by atoms with Crippen LogP contribution in [0.15, 0.2) is 18.2 Å². The van der Waals surface area contributed by atoms with Crippen LogP contribution in [0.5, 0.6) is 0 Å². The summed E-state index contributed by atoms with van der Waals surface area (Å²) in [5, 5.41) is 0. The number of rotatable bonds is 27. The van der Waals surface area contributed by atoms with Gasteiger partial charge in [0, 0.05) is 36.0 Å². The van der Waals surface area contributed by atoms with Crippen molar-refractivity contribution in [1.82, 2.24) is 0 Å². The van der Waals surface area contributed by atoms with E-state index in [2.05, 4.69) is 20.8 Å². The van der Waals surface area contributed by atoms with Gasteiger partial charge in [-0.1, -0.05) is 155 Å². The summed E-state index contributed by atoms with van der Waals surface area (Å²) >= 11 is 0. The van der Waals surface area contributed by atoms with Crippen LogP contribution in [0.1, 0.15) is 206 Å². The number of carbonyl (C=O) groups excluding carboxylic acids is 3. The fourth-order valence-electron chi connectivity index (χ4n) is 5.44. The fraction of sp³-hybridized carbons (Fsp3) is 0.750. The van der Waals surface area contributed by atoms with Gasteiger partial charge in [0.2, 0.25) is 0 Å². The average molecular weight is 541 g/mol. The summed E-state index contributed by atoms with van der Waals surface area (Å²) in [5.41, 5.74) is 1.39. The highest BCUT2D eigenvalue weighted by Crippen LogP contribution is 2.24. The van der Waals surface area contributed by atoms with Crippen LogP contribution in [0, 0.1) is 0 Å². The van der Waals surface area contributed by atoms with Crippen molar-refractivity contribution in [3.63, 3.8) is 0 Å². The van der Waals surface area contributed by atoms with E-state index in [-0.39, 0.29) is 17.3 Å². The van der Waals surface area contributed by atoms with Crippen LogP contribution in [0.4, 0.5) is 0 Å². The van der Waals surface area contributed by atoms with Gasteiger partial charge in [0.25, 0.3) is 0 Å². The Hall–Kier alpha value is -1.77. The van der Waals surface area contributed by atoms with Crippen LogP contribution < -0.4 is 0 Å². The van der Waals surface area contributed by atoms with Crippen LogP contribution in [0.2, 0.25) is 0 Å². The SMILES string of the molecule is CCCCCCCCCC(=O)c1cccc(C(=O)CCCCCCCCC)c1C(=O)CCCCCCCCC. The number of unbranched alkanes of at least 4 members (excludes halogenated alkanes) is 18. The van der Waals surface area contributed by atoms with E-state index in [1.165, 1.54) is 77.0 Å². The number of hydrogen-bond acceptors (Lipinski definition) is 3. The molecule has 1 rings (SSSR count). The van der Waals surface area contributed by atoms with Gasteiger partial charge in [-0.15, -0.1) is 0 Å². The van der Waals surface area contributed by atoms with E-state index in [4.69, 9.17) is 0 Å². The molecule has 0 heterocycles. The Bertz CT molecular complexity index is 746. The Morgan fingerprint density at radius 2 is 0.692 bits per heavy atom. The summed E-state index contributed by atoms with van der Waals surface area (Å²) in [5.74, 6) is 0.0316. The molecular weight excluding hydrogens is 480 g/mol. The normalized spacial score (nSPS) is 11.2. The quantitative estimate of drug-likeness (QED) is 0.0823. The zero-order chi connectivity index (χ0) is 28.6. The Balaban J connectivity index is 2.80. The molecule has 0 saturated heterocycles. The first-order chi connectivity index (χ1) is 19.1. The molecule has 0 N–H and O–H groups in total. The minimum Gasteiger partial charge on any atom is -0.294 e. The number of Topliss-reactive ketones (excluding diaryl/α,β-unsaturated/α-hetero) is 3. The zero-order valence-corrected chi connectivity index (χ0v) is 25.9. The molecule has 0 amide bonds. The summed E-state index contributed by atoms with van der Waals surface area (Å²) in [6, 6.07) is 5.37. The fourth-order valence-corrected chi connectivity index (χ4v) is 5.44. The first kappa shape index (κ1) is 35.3. The molecule has 3 heteroatoms. The monoisotopic (exact) mass is 540 g/mol. The van der Waals surface area contributed by atoms with E-state index >= 15 is 0 Å². The highest BCUT2D eigenvalue weighted by atomic mass is 16.1. The molecule has 222 valence electrons. The molecule has 0 saturated carbocycles. The van der Waals surface area contributed by atoms with Crippen LogP contribution in [0.3, 0.4) is 0 Å². The lowest BCUT2D eigenvalue weighted by Crippen LogP contribution is -2.15.